The van der Waals surface area contributed by atoms with Crippen molar-refractivity contribution >= 4 is 30.5 Å². The Labute approximate surface area is 156 Å². The summed E-state index contributed by atoms with van der Waals surface area (Å²) >= 11 is 0. The minimum absolute atomic E-state index is 0.277. The second-order valence-electron chi connectivity index (χ2n) is 6.47. The molecule has 0 aromatic carbocycles. The average Bonchev–Trinajstić information content (AvgIpc) is 2.96. The summed E-state index contributed by atoms with van der Waals surface area (Å²) in [5.41, 5.74) is 6.78. The van der Waals surface area contributed by atoms with Gasteiger partial charge in [0, 0.05) is 0 Å². The molecule has 0 aliphatic heterocycles. The van der Waals surface area contributed by atoms with E-state index in [4.69, 9.17) is 15.2 Å². The number of carbonyl (C=O) groups is 1. The fourth-order valence-electron chi connectivity index (χ4n) is 2.32. The number of nitrogen functional groups attached to an aromatic ring is 1. The lowest BCUT2D eigenvalue weighted by Gasteiger charge is -2.21. The number of aromatic nitrogens is 4. The molecule has 150 valence electrons. The maximum Gasteiger partial charge on any atom is 0.323 e. The fraction of sp³-hybridized carbons (Fsp3) is 0.600. The summed E-state index contributed by atoms with van der Waals surface area (Å²) in [7, 11) is -3.89. The molecule has 2 heterocycles. The highest BCUT2D eigenvalue weighted by Gasteiger charge is 2.27. The number of esters is 1. The third kappa shape index (κ3) is 5.96. The van der Waals surface area contributed by atoms with Crippen molar-refractivity contribution in [2.45, 2.75) is 52.5 Å². The molecule has 0 aliphatic rings. The van der Waals surface area contributed by atoms with Crippen LogP contribution in [0.3, 0.4) is 0 Å². The molecule has 2 aromatic rings. The number of nitrogens with two attached hydrogens (primary N) is 1. The Morgan fingerprint density at radius 1 is 1.33 bits per heavy atom. The van der Waals surface area contributed by atoms with Gasteiger partial charge in [-0.15, -0.1) is 0 Å². The Bertz CT molecular complexity index is 841. The summed E-state index contributed by atoms with van der Waals surface area (Å²) in [6.07, 6.45) is 1.70. The molecular weight excluding hydrogens is 375 g/mol. The van der Waals surface area contributed by atoms with Crippen molar-refractivity contribution in [3.05, 3.63) is 12.7 Å². The van der Waals surface area contributed by atoms with Gasteiger partial charge in [-0.25, -0.2) is 20.0 Å². The van der Waals surface area contributed by atoms with E-state index in [9.17, 15) is 14.3 Å². The van der Waals surface area contributed by atoms with Gasteiger partial charge in [-0.2, -0.15) is 0 Å². The smallest absolute Gasteiger partial charge is 0.323 e. The van der Waals surface area contributed by atoms with Crippen LogP contribution < -0.4 is 10.8 Å². The van der Waals surface area contributed by atoms with Gasteiger partial charge in [0.1, 0.15) is 24.2 Å². The molecule has 4 N–H and O–H groups in total. The van der Waals surface area contributed by atoms with Crippen LogP contribution in [0.5, 0.6) is 0 Å². The monoisotopic (exact) mass is 400 g/mol. The SMILES string of the molecule is CC(C)OC(=O)C(C)NP(=O)(O)COC(C)Cn1cnc2c(N)ncnc21. The van der Waals surface area contributed by atoms with Gasteiger partial charge in [-0.1, -0.05) is 0 Å². The van der Waals surface area contributed by atoms with Crippen LogP contribution in [0.4, 0.5) is 5.82 Å². The summed E-state index contributed by atoms with van der Waals surface area (Å²) in [6.45, 7) is 6.95. The van der Waals surface area contributed by atoms with Crippen LogP contribution in [0.2, 0.25) is 0 Å². The molecular formula is C15H25N6O5P. The predicted molar refractivity (Wildman–Crippen MR) is 98.8 cm³/mol. The summed E-state index contributed by atoms with van der Waals surface area (Å²) in [6, 6.07) is -0.931. The van der Waals surface area contributed by atoms with Crippen LogP contribution in [0, 0.1) is 0 Å². The van der Waals surface area contributed by atoms with Crippen LogP contribution in [0.15, 0.2) is 12.7 Å². The minimum atomic E-state index is -3.89. The Morgan fingerprint density at radius 3 is 2.70 bits per heavy atom. The van der Waals surface area contributed by atoms with Gasteiger partial charge in [0.25, 0.3) is 7.52 Å². The molecule has 0 amide bonds. The number of hydrogen-bond donors (Lipinski definition) is 3. The van der Waals surface area contributed by atoms with Crippen molar-refractivity contribution in [2.75, 3.05) is 12.1 Å². The van der Waals surface area contributed by atoms with Crippen molar-refractivity contribution in [1.29, 1.82) is 0 Å². The summed E-state index contributed by atoms with van der Waals surface area (Å²) in [4.78, 5) is 33.9. The number of rotatable bonds is 9. The first-order valence-electron chi connectivity index (χ1n) is 8.42. The molecule has 27 heavy (non-hydrogen) atoms. The number of carbonyl (C=O) groups excluding carboxylic acids is 1. The minimum Gasteiger partial charge on any atom is -0.462 e. The lowest BCUT2D eigenvalue weighted by molar-refractivity contribution is -0.149. The van der Waals surface area contributed by atoms with Crippen molar-refractivity contribution in [3.63, 3.8) is 0 Å². The third-order valence-electron chi connectivity index (χ3n) is 3.52. The predicted octanol–water partition coefficient (Wildman–Crippen LogP) is 0.886. The van der Waals surface area contributed by atoms with Crippen LogP contribution in [-0.4, -0.2) is 55.0 Å². The van der Waals surface area contributed by atoms with Gasteiger partial charge in [0.05, 0.1) is 25.1 Å². The van der Waals surface area contributed by atoms with Crippen LogP contribution >= 0.6 is 7.52 Å². The molecule has 12 heteroatoms. The Kier molecular flexibility index (Phi) is 6.88. The van der Waals surface area contributed by atoms with Gasteiger partial charge in [0.15, 0.2) is 11.5 Å². The van der Waals surface area contributed by atoms with Crippen molar-refractivity contribution in [3.8, 4) is 0 Å². The highest BCUT2D eigenvalue weighted by atomic mass is 31.2. The van der Waals surface area contributed by atoms with Crippen molar-refractivity contribution in [2.24, 2.45) is 0 Å². The number of nitrogens with zero attached hydrogens (tertiary/aromatic N) is 4. The topological polar surface area (TPSA) is 154 Å². The number of imidazole rings is 1. The van der Waals surface area contributed by atoms with E-state index in [2.05, 4.69) is 20.0 Å². The van der Waals surface area contributed by atoms with E-state index in [1.54, 1.807) is 31.7 Å². The third-order valence-corrected chi connectivity index (χ3v) is 4.81. The lowest BCUT2D eigenvalue weighted by atomic mass is 10.4. The number of hydrogen-bond acceptors (Lipinski definition) is 8. The highest BCUT2D eigenvalue weighted by molar-refractivity contribution is 7.55. The molecule has 0 aliphatic carbocycles. The highest BCUT2D eigenvalue weighted by Crippen LogP contribution is 2.36. The first-order valence-corrected chi connectivity index (χ1v) is 10.3. The van der Waals surface area contributed by atoms with Crippen LogP contribution in [0.25, 0.3) is 11.2 Å². The molecule has 0 fully saturated rings. The molecule has 0 radical (unpaired) electrons. The second kappa shape index (κ2) is 8.75. The molecule has 0 saturated heterocycles. The largest absolute Gasteiger partial charge is 0.462 e. The quantitative estimate of drug-likeness (QED) is 0.408. The van der Waals surface area contributed by atoms with E-state index >= 15 is 0 Å². The van der Waals surface area contributed by atoms with E-state index in [-0.39, 0.29) is 11.9 Å². The number of ether oxygens (including phenoxy) is 2. The maximum absolute atomic E-state index is 12.2. The van der Waals surface area contributed by atoms with Gasteiger partial charge in [0.2, 0.25) is 0 Å². The molecule has 0 spiro atoms. The molecule has 3 atom stereocenters. The number of anilines is 1. The van der Waals surface area contributed by atoms with E-state index in [1.165, 1.54) is 13.3 Å². The zero-order chi connectivity index (χ0) is 20.2. The Morgan fingerprint density at radius 2 is 2.04 bits per heavy atom. The normalized spacial score (nSPS) is 16.2. The zero-order valence-corrected chi connectivity index (χ0v) is 16.6. The van der Waals surface area contributed by atoms with E-state index < -0.39 is 32.0 Å². The maximum atomic E-state index is 12.2. The number of nitrogens with one attached hydrogen (secondary N) is 1. The van der Waals surface area contributed by atoms with Crippen molar-refractivity contribution in [1.82, 2.24) is 24.6 Å². The van der Waals surface area contributed by atoms with E-state index in [1.807, 2.05) is 0 Å². The molecule has 2 rings (SSSR count). The van der Waals surface area contributed by atoms with E-state index in [0.717, 1.165) is 0 Å². The molecule has 11 nitrogen and oxygen atoms in total. The lowest BCUT2D eigenvalue weighted by Crippen LogP contribution is -2.35. The average molecular weight is 400 g/mol. The van der Waals surface area contributed by atoms with Gasteiger partial charge in [-0.05, 0) is 27.7 Å². The summed E-state index contributed by atoms with van der Waals surface area (Å²) in [5.74, 6) is -0.326. The summed E-state index contributed by atoms with van der Waals surface area (Å²) in [5, 5.41) is 2.37. The summed E-state index contributed by atoms with van der Waals surface area (Å²) < 4.78 is 24.4. The van der Waals surface area contributed by atoms with E-state index in [0.29, 0.717) is 17.7 Å². The molecule has 0 saturated carbocycles. The first-order chi connectivity index (χ1) is 12.6. The second-order valence-corrected chi connectivity index (χ2v) is 8.39. The van der Waals surface area contributed by atoms with Gasteiger partial charge in [-0.3, -0.25) is 9.36 Å². The van der Waals surface area contributed by atoms with Gasteiger partial charge >= 0.3 is 5.97 Å². The first kappa shape index (κ1) is 21.2. The van der Waals surface area contributed by atoms with Crippen molar-refractivity contribution < 1.29 is 23.7 Å². The van der Waals surface area contributed by atoms with Crippen LogP contribution in [0.1, 0.15) is 27.7 Å². The Balaban J connectivity index is 1.90. The standard InChI is InChI=1S/C15H25N6O5P/c1-9(2)26-15(22)11(4)20-27(23,24)8-25-10(3)5-21-7-19-12-13(16)17-6-18-14(12)21/h6-7,9-11H,5,8H2,1-4H3,(H2,16,17,18)(H2,20,23,24). The molecule has 3 unspecified atom stereocenters. The molecule has 0 bridgehead atoms. The number of fused-ring (bicyclic) bond motifs is 1. The fourth-order valence-corrected chi connectivity index (χ4v) is 3.56. The van der Waals surface area contributed by atoms with Crippen LogP contribution in [-0.2, 0) is 25.4 Å². The van der Waals surface area contributed by atoms with Gasteiger partial charge < -0.3 is 24.7 Å². The zero-order valence-electron chi connectivity index (χ0n) is 15.7. The molecule has 2 aromatic heterocycles. The Hall–Kier alpha value is -2.07.